The van der Waals surface area contributed by atoms with E-state index < -0.39 is 17.9 Å². The van der Waals surface area contributed by atoms with Gasteiger partial charge in [0.25, 0.3) is 0 Å². The van der Waals surface area contributed by atoms with E-state index in [2.05, 4.69) is 0 Å². The molecule has 0 radical (unpaired) electrons. The molecule has 3 aliphatic heterocycles. The number of fused-ring (bicyclic) bond motifs is 3. The van der Waals surface area contributed by atoms with Gasteiger partial charge in [-0.3, -0.25) is 4.79 Å². The number of benzene rings is 3. The van der Waals surface area contributed by atoms with Gasteiger partial charge in [0, 0.05) is 11.5 Å². The van der Waals surface area contributed by atoms with Gasteiger partial charge < -0.3 is 33.2 Å². The minimum Gasteiger partial charge on any atom is -0.491 e. The first-order valence-electron chi connectivity index (χ1n) is 11.9. The second kappa shape index (κ2) is 8.86. The van der Waals surface area contributed by atoms with E-state index in [0.29, 0.717) is 34.5 Å². The molecule has 3 atom stereocenters. The van der Waals surface area contributed by atoms with Crippen LogP contribution in [0.25, 0.3) is 0 Å². The fourth-order valence-corrected chi connectivity index (χ4v) is 5.06. The number of methoxy groups -OCH3 is 1. The first-order chi connectivity index (χ1) is 17.5. The van der Waals surface area contributed by atoms with Crippen molar-refractivity contribution in [3.05, 3.63) is 71.3 Å². The minimum absolute atomic E-state index is 0.00524. The largest absolute Gasteiger partial charge is 0.491 e. The van der Waals surface area contributed by atoms with Gasteiger partial charge in [0.1, 0.15) is 23.5 Å². The van der Waals surface area contributed by atoms with E-state index in [9.17, 15) is 4.79 Å². The summed E-state index contributed by atoms with van der Waals surface area (Å²) < 4.78 is 40.1. The van der Waals surface area contributed by atoms with Crippen molar-refractivity contribution in [2.45, 2.75) is 32.0 Å². The number of carbonyl (C=O) groups excluding carboxylic acids is 1. The normalized spacial score (nSPS) is 21.1. The molecule has 0 saturated heterocycles. The number of hydrogen-bond donors (Lipinski definition) is 0. The van der Waals surface area contributed by atoms with Crippen LogP contribution in [0.1, 0.15) is 42.6 Å². The van der Waals surface area contributed by atoms with Crippen LogP contribution in [0.3, 0.4) is 0 Å². The van der Waals surface area contributed by atoms with Gasteiger partial charge >= 0.3 is 5.97 Å². The molecule has 3 aromatic rings. The Kier molecular flexibility index (Phi) is 5.51. The lowest BCUT2D eigenvalue weighted by Gasteiger charge is -2.39. The molecule has 36 heavy (non-hydrogen) atoms. The highest BCUT2D eigenvalue weighted by atomic mass is 16.7. The van der Waals surface area contributed by atoms with E-state index >= 15 is 0 Å². The predicted molar refractivity (Wildman–Crippen MR) is 128 cm³/mol. The first kappa shape index (κ1) is 22.4. The Morgan fingerprint density at radius 1 is 0.806 bits per heavy atom. The number of carbonyl (C=O) groups is 1. The molecular weight excluding hydrogens is 464 g/mol. The van der Waals surface area contributed by atoms with Crippen LogP contribution in [-0.4, -0.2) is 32.8 Å². The molecule has 8 nitrogen and oxygen atoms in total. The Morgan fingerprint density at radius 2 is 1.42 bits per heavy atom. The number of ether oxygens (including phenoxy) is 7. The van der Waals surface area contributed by atoms with Gasteiger partial charge in [-0.25, -0.2) is 0 Å². The van der Waals surface area contributed by atoms with Gasteiger partial charge in [0.05, 0.1) is 13.2 Å². The summed E-state index contributed by atoms with van der Waals surface area (Å²) in [6.07, 6.45) is -0.638. The quantitative estimate of drug-likeness (QED) is 0.463. The third-order valence-corrected chi connectivity index (χ3v) is 6.58. The second-order valence-corrected chi connectivity index (χ2v) is 9.16. The fourth-order valence-electron chi connectivity index (χ4n) is 5.06. The van der Waals surface area contributed by atoms with Gasteiger partial charge in [-0.1, -0.05) is 12.1 Å². The highest BCUT2D eigenvalue weighted by Gasteiger charge is 2.46. The van der Waals surface area contributed by atoms with Crippen LogP contribution in [-0.2, 0) is 9.53 Å². The van der Waals surface area contributed by atoms with Gasteiger partial charge in [-0.2, -0.15) is 0 Å². The van der Waals surface area contributed by atoms with Crippen molar-refractivity contribution in [1.82, 2.24) is 0 Å². The molecule has 3 heterocycles. The van der Waals surface area contributed by atoms with Crippen molar-refractivity contribution in [2.24, 2.45) is 5.92 Å². The second-order valence-electron chi connectivity index (χ2n) is 9.16. The van der Waals surface area contributed by atoms with E-state index in [-0.39, 0.29) is 25.7 Å². The average Bonchev–Trinajstić information content (AvgIpc) is 3.55. The summed E-state index contributed by atoms with van der Waals surface area (Å²) >= 11 is 0. The Labute approximate surface area is 208 Å². The highest BCUT2D eigenvalue weighted by Crippen LogP contribution is 2.52. The molecule has 6 rings (SSSR count). The molecule has 0 fully saturated rings. The van der Waals surface area contributed by atoms with E-state index in [1.165, 1.54) is 7.11 Å². The maximum absolute atomic E-state index is 13.4. The zero-order valence-corrected chi connectivity index (χ0v) is 20.2. The zero-order valence-electron chi connectivity index (χ0n) is 20.2. The van der Waals surface area contributed by atoms with Crippen LogP contribution in [0, 0.1) is 5.92 Å². The molecule has 3 aliphatic rings. The Hall–Kier alpha value is -4.07. The lowest BCUT2D eigenvalue weighted by molar-refractivity contribution is -0.150. The van der Waals surface area contributed by atoms with E-state index in [0.717, 1.165) is 16.7 Å². The average molecular weight is 491 g/mol. The van der Waals surface area contributed by atoms with E-state index in [4.69, 9.17) is 33.2 Å². The van der Waals surface area contributed by atoms with Crippen LogP contribution in [0.5, 0.6) is 34.5 Å². The molecule has 0 N–H and O–H groups in total. The molecule has 0 aromatic heterocycles. The lowest BCUT2D eigenvalue weighted by atomic mass is 9.74. The highest BCUT2D eigenvalue weighted by molar-refractivity contribution is 5.77. The Morgan fingerprint density at radius 3 is 2.08 bits per heavy atom. The van der Waals surface area contributed by atoms with Crippen molar-refractivity contribution in [2.75, 3.05) is 20.7 Å². The van der Waals surface area contributed by atoms with Crippen molar-refractivity contribution in [3.63, 3.8) is 0 Å². The van der Waals surface area contributed by atoms with Crippen molar-refractivity contribution >= 4 is 5.97 Å². The topological polar surface area (TPSA) is 81.7 Å². The van der Waals surface area contributed by atoms with Crippen LogP contribution in [0.15, 0.2) is 54.6 Å². The Balaban J connectivity index is 1.52. The predicted octanol–water partition coefficient (Wildman–Crippen LogP) is 4.99. The molecule has 0 aliphatic carbocycles. The van der Waals surface area contributed by atoms with Crippen LogP contribution >= 0.6 is 0 Å². The Bertz CT molecular complexity index is 1320. The fraction of sp³-hybridized carbons (Fsp3) is 0.321. The summed E-state index contributed by atoms with van der Waals surface area (Å²) in [5, 5.41) is 0. The monoisotopic (exact) mass is 490 g/mol. The molecule has 3 aromatic carbocycles. The molecule has 3 unspecified atom stereocenters. The number of hydrogen-bond acceptors (Lipinski definition) is 8. The van der Waals surface area contributed by atoms with Gasteiger partial charge in [0.15, 0.2) is 23.0 Å². The molecule has 0 saturated carbocycles. The molecule has 8 heteroatoms. The summed E-state index contributed by atoms with van der Waals surface area (Å²) in [7, 11) is 1.39. The molecule has 0 bridgehead atoms. The lowest BCUT2D eigenvalue weighted by Crippen LogP contribution is -2.36. The van der Waals surface area contributed by atoms with Crippen molar-refractivity contribution in [1.29, 1.82) is 0 Å². The summed E-state index contributed by atoms with van der Waals surface area (Å²) in [6.45, 7) is 4.26. The molecule has 0 spiro atoms. The van der Waals surface area contributed by atoms with Crippen LogP contribution in [0.2, 0.25) is 0 Å². The van der Waals surface area contributed by atoms with E-state index in [1.807, 2.05) is 68.4 Å². The smallest absolute Gasteiger partial charge is 0.313 e. The molecular formula is C28H26O8. The maximum Gasteiger partial charge on any atom is 0.313 e. The number of esters is 1. The summed E-state index contributed by atoms with van der Waals surface area (Å²) in [5.74, 6) is 2.46. The zero-order chi connectivity index (χ0) is 24.8. The van der Waals surface area contributed by atoms with Crippen LogP contribution in [0.4, 0.5) is 0 Å². The van der Waals surface area contributed by atoms with Crippen molar-refractivity contribution < 1.29 is 38.0 Å². The molecule has 0 amide bonds. The maximum atomic E-state index is 13.4. The minimum atomic E-state index is -0.697. The summed E-state index contributed by atoms with van der Waals surface area (Å²) in [5.41, 5.74) is 2.50. The summed E-state index contributed by atoms with van der Waals surface area (Å²) in [6, 6.07) is 17.0. The third-order valence-electron chi connectivity index (χ3n) is 6.58. The van der Waals surface area contributed by atoms with Gasteiger partial charge in [-0.05, 0) is 67.4 Å². The van der Waals surface area contributed by atoms with Crippen molar-refractivity contribution in [3.8, 4) is 34.5 Å². The van der Waals surface area contributed by atoms with Gasteiger partial charge in [-0.15, -0.1) is 0 Å². The van der Waals surface area contributed by atoms with Gasteiger partial charge in [0.2, 0.25) is 13.6 Å². The third kappa shape index (κ3) is 3.82. The standard InChI is InChI=1S/C28H26O8/c1-15(2)35-18-6-9-20-19(12-18)25(16-4-7-21-23(10-16)33-13-31-21)26(28(29)30-3)27(36-20)17-5-8-22-24(11-17)34-14-32-22/h4-12,15,25-27H,13-14H2,1-3H3. The van der Waals surface area contributed by atoms with Crippen LogP contribution < -0.4 is 28.4 Å². The SMILES string of the molecule is COC(=O)C1C(c2ccc3c(c2)OCO3)Oc2ccc(OC(C)C)cc2C1c1ccc2c(c1)OCO2. The molecule has 186 valence electrons. The summed E-state index contributed by atoms with van der Waals surface area (Å²) in [4.78, 5) is 13.4. The first-order valence-corrected chi connectivity index (χ1v) is 11.9. The number of rotatable bonds is 5. The van der Waals surface area contributed by atoms with E-state index in [1.54, 1.807) is 0 Å².